The zero-order valence-electron chi connectivity index (χ0n) is 10.1. The van der Waals surface area contributed by atoms with E-state index >= 15 is 0 Å². The molecule has 0 spiro atoms. The van der Waals surface area contributed by atoms with E-state index in [1.54, 1.807) is 0 Å². The number of nitrogens with one attached hydrogen (secondary N) is 1. The van der Waals surface area contributed by atoms with Gasteiger partial charge in [-0.2, -0.15) is 0 Å². The molecule has 1 aromatic rings. The second kappa shape index (κ2) is 4.91. The lowest BCUT2D eigenvalue weighted by atomic mass is 10.0. The third-order valence-corrected chi connectivity index (χ3v) is 3.71. The van der Waals surface area contributed by atoms with E-state index in [2.05, 4.69) is 15.1 Å². The first kappa shape index (κ1) is 12.2. The van der Waals surface area contributed by atoms with Crippen LogP contribution in [0.4, 0.5) is 0 Å². The van der Waals surface area contributed by atoms with Crippen molar-refractivity contribution in [1.29, 1.82) is 0 Å². The van der Waals surface area contributed by atoms with Crippen LogP contribution in [0.3, 0.4) is 0 Å². The minimum atomic E-state index is -0.110. The number of aromatic nitrogens is 2. The Kier molecular flexibility index (Phi) is 3.51. The molecule has 0 fully saturated rings. The third-order valence-electron chi connectivity index (χ3n) is 2.71. The molecule has 0 radical (unpaired) electrons. The fourth-order valence-corrected chi connectivity index (χ4v) is 2.92. The Hall–Kier alpha value is -1.30. The van der Waals surface area contributed by atoms with Gasteiger partial charge in [0, 0.05) is 23.4 Å². The normalized spacial score (nSPS) is 23.4. The fraction of sp³-hybridized carbons (Fsp3) is 0.545. The number of hydrogen-bond acceptors (Lipinski definition) is 5. The van der Waals surface area contributed by atoms with Gasteiger partial charge in [0.1, 0.15) is 6.10 Å². The van der Waals surface area contributed by atoms with E-state index in [0.29, 0.717) is 5.16 Å². The molecule has 0 bridgehead atoms. The maximum absolute atomic E-state index is 11.3. The van der Waals surface area contributed by atoms with Crippen LogP contribution in [0.1, 0.15) is 19.5 Å². The van der Waals surface area contributed by atoms with Crippen molar-refractivity contribution in [2.45, 2.75) is 32.0 Å². The fourth-order valence-electron chi connectivity index (χ4n) is 1.69. The average molecular weight is 253 g/mol. The molecule has 0 aliphatic carbocycles. The zero-order chi connectivity index (χ0) is 12.4. The maximum Gasteiger partial charge on any atom is 0.251 e. The predicted molar refractivity (Wildman–Crippen MR) is 67.5 cm³/mol. The second-order valence-corrected chi connectivity index (χ2v) is 5.16. The second-order valence-electron chi connectivity index (χ2n) is 4.15. The van der Waals surface area contributed by atoms with Crippen molar-refractivity contribution in [2.75, 3.05) is 5.75 Å². The summed E-state index contributed by atoms with van der Waals surface area (Å²) in [6.07, 6.45) is 0.0963. The highest BCUT2D eigenvalue weighted by molar-refractivity contribution is 7.99. The average Bonchev–Trinajstić information content (AvgIpc) is 2.55. The predicted octanol–water partition coefficient (Wildman–Crippen LogP) is 1.58. The van der Waals surface area contributed by atoms with Gasteiger partial charge in [0.15, 0.2) is 5.16 Å². The van der Waals surface area contributed by atoms with E-state index in [1.165, 1.54) is 17.8 Å². The molecule has 2 unspecified atom stereocenters. The number of H-pyrrole nitrogens is 1. The first-order valence-corrected chi connectivity index (χ1v) is 6.46. The maximum atomic E-state index is 11.3. The molecule has 1 aliphatic rings. The number of hydrogen-bond donors (Lipinski definition) is 1. The summed E-state index contributed by atoms with van der Waals surface area (Å²) >= 11 is 1.53. The molecule has 2 rings (SSSR count). The standard InChI is InChI=1S/C11H15N3O2S/c1-6-4-10(15)13-11(12-6)17-5-9-7(2)14-16-8(9)3/h4,8-9H,5H2,1-3H3,(H,12,13,15). The Morgan fingerprint density at radius 2 is 2.29 bits per heavy atom. The number of rotatable bonds is 3. The van der Waals surface area contributed by atoms with Crippen molar-refractivity contribution >= 4 is 17.5 Å². The molecule has 0 amide bonds. The van der Waals surface area contributed by atoms with Gasteiger partial charge in [0.05, 0.1) is 5.71 Å². The molecule has 1 aliphatic heterocycles. The summed E-state index contributed by atoms with van der Waals surface area (Å²) in [5.41, 5.74) is 1.62. The van der Waals surface area contributed by atoms with Gasteiger partial charge in [0.2, 0.25) is 0 Å². The van der Waals surface area contributed by atoms with Crippen molar-refractivity contribution in [3.63, 3.8) is 0 Å². The summed E-state index contributed by atoms with van der Waals surface area (Å²) in [5, 5.41) is 4.61. The SMILES string of the molecule is CC1=NOC(C)C1CSc1nc(C)cc(=O)[nH]1. The van der Waals surface area contributed by atoms with Crippen molar-refractivity contribution < 1.29 is 4.84 Å². The molecule has 1 N–H and O–H groups in total. The van der Waals surface area contributed by atoms with Crippen LogP contribution in [0.5, 0.6) is 0 Å². The highest BCUT2D eigenvalue weighted by Crippen LogP contribution is 2.24. The molecule has 6 heteroatoms. The molecule has 2 heterocycles. The van der Waals surface area contributed by atoms with Gasteiger partial charge in [-0.3, -0.25) is 4.79 Å². The Balaban J connectivity index is 2.02. The van der Waals surface area contributed by atoms with Crippen LogP contribution in [0.2, 0.25) is 0 Å². The van der Waals surface area contributed by atoms with Gasteiger partial charge in [0.25, 0.3) is 5.56 Å². The minimum Gasteiger partial charge on any atom is -0.392 e. The highest BCUT2D eigenvalue weighted by Gasteiger charge is 2.27. The van der Waals surface area contributed by atoms with E-state index in [0.717, 1.165) is 17.2 Å². The first-order chi connectivity index (χ1) is 8.06. The lowest BCUT2D eigenvalue weighted by Crippen LogP contribution is -2.21. The Labute approximate surface area is 104 Å². The molecule has 0 saturated heterocycles. The molecule has 5 nitrogen and oxygen atoms in total. The van der Waals surface area contributed by atoms with Gasteiger partial charge in [-0.05, 0) is 20.8 Å². The summed E-state index contributed by atoms with van der Waals surface area (Å²) in [5.74, 6) is 1.09. The zero-order valence-corrected chi connectivity index (χ0v) is 10.9. The van der Waals surface area contributed by atoms with E-state index in [4.69, 9.17) is 4.84 Å². The van der Waals surface area contributed by atoms with E-state index in [9.17, 15) is 4.79 Å². The Morgan fingerprint density at radius 3 is 2.88 bits per heavy atom. The van der Waals surface area contributed by atoms with Crippen molar-refractivity contribution in [3.05, 3.63) is 22.1 Å². The summed E-state index contributed by atoms with van der Waals surface area (Å²) in [6, 6.07) is 1.48. The van der Waals surface area contributed by atoms with Gasteiger partial charge >= 0.3 is 0 Å². The van der Waals surface area contributed by atoms with Crippen LogP contribution >= 0.6 is 11.8 Å². The smallest absolute Gasteiger partial charge is 0.251 e. The lowest BCUT2D eigenvalue weighted by molar-refractivity contribution is 0.0809. The van der Waals surface area contributed by atoms with Crippen LogP contribution < -0.4 is 5.56 Å². The third kappa shape index (κ3) is 2.88. The van der Waals surface area contributed by atoms with Crippen LogP contribution in [0.15, 0.2) is 21.2 Å². The van der Waals surface area contributed by atoms with Crippen molar-refractivity contribution in [3.8, 4) is 0 Å². The summed E-state index contributed by atoms with van der Waals surface area (Å²) in [7, 11) is 0. The van der Waals surface area contributed by atoms with Crippen LogP contribution in [0.25, 0.3) is 0 Å². The quantitative estimate of drug-likeness (QED) is 0.656. The van der Waals surface area contributed by atoms with Gasteiger partial charge in [-0.15, -0.1) is 0 Å². The topological polar surface area (TPSA) is 67.3 Å². The van der Waals surface area contributed by atoms with Crippen LogP contribution in [-0.4, -0.2) is 27.5 Å². The van der Waals surface area contributed by atoms with Gasteiger partial charge in [-0.25, -0.2) is 4.98 Å². The van der Waals surface area contributed by atoms with Gasteiger partial charge in [-0.1, -0.05) is 16.9 Å². The number of oxime groups is 1. The molecule has 0 saturated carbocycles. The van der Waals surface area contributed by atoms with E-state index in [1.807, 2.05) is 20.8 Å². The molecule has 92 valence electrons. The molecule has 0 aromatic carbocycles. The number of aryl methyl sites for hydroxylation is 1. The number of thioether (sulfide) groups is 1. The van der Waals surface area contributed by atoms with Gasteiger partial charge < -0.3 is 9.82 Å². The first-order valence-electron chi connectivity index (χ1n) is 5.47. The van der Waals surface area contributed by atoms with Crippen molar-refractivity contribution in [2.24, 2.45) is 11.1 Å². The summed E-state index contributed by atoms with van der Waals surface area (Å²) in [6.45, 7) is 5.77. The summed E-state index contributed by atoms with van der Waals surface area (Å²) in [4.78, 5) is 23.5. The summed E-state index contributed by atoms with van der Waals surface area (Å²) < 4.78 is 0. The molecule has 2 atom stereocenters. The molecular weight excluding hydrogens is 238 g/mol. The Morgan fingerprint density at radius 1 is 1.53 bits per heavy atom. The molecule has 1 aromatic heterocycles. The van der Waals surface area contributed by atoms with E-state index < -0.39 is 0 Å². The molecular formula is C11H15N3O2S. The minimum absolute atomic E-state index is 0.0963. The Bertz CT molecular complexity index is 498. The lowest BCUT2D eigenvalue weighted by Gasteiger charge is -2.12. The monoisotopic (exact) mass is 253 g/mol. The van der Waals surface area contributed by atoms with E-state index in [-0.39, 0.29) is 17.6 Å². The van der Waals surface area contributed by atoms with Crippen LogP contribution in [0, 0.1) is 12.8 Å². The number of aromatic amines is 1. The van der Waals surface area contributed by atoms with Crippen LogP contribution in [-0.2, 0) is 4.84 Å². The van der Waals surface area contributed by atoms with Crippen molar-refractivity contribution in [1.82, 2.24) is 9.97 Å². The number of nitrogens with zero attached hydrogens (tertiary/aromatic N) is 2. The highest BCUT2D eigenvalue weighted by atomic mass is 32.2. The molecule has 17 heavy (non-hydrogen) atoms. The largest absolute Gasteiger partial charge is 0.392 e.